The molecule has 2 heterocycles. The lowest BCUT2D eigenvalue weighted by Gasteiger charge is -1.96. The van der Waals surface area contributed by atoms with Crippen molar-refractivity contribution >= 4 is 21.9 Å². The molecule has 0 atom stereocenters. The highest BCUT2D eigenvalue weighted by Crippen LogP contribution is 2.22. The van der Waals surface area contributed by atoms with Gasteiger partial charge in [-0.05, 0) is 40.2 Å². The SMILES string of the molecule is O=C(O)c1ccc(-c2noc(-c3ccc(Br)cn3)n2)cc1. The lowest BCUT2D eigenvalue weighted by Crippen LogP contribution is -1.95. The number of nitrogens with zero attached hydrogens (tertiary/aromatic N) is 3. The molecule has 0 aliphatic carbocycles. The lowest BCUT2D eigenvalue weighted by atomic mass is 10.1. The summed E-state index contributed by atoms with van der Waals surface area (Å²) < 4.78 is 6.02. The maximum absolute atomic E-state index is 10.8. The van der Waals surface area contributed by atoms with Crippen molar-refractivity contribution in [1.82, 2.24) is 15.1 Å². The maximum Gasteiger partial charge on any atom is 0.335 e. The molecule has 104 valence electrons. The summed E-state index contributed by atoms with van der Waals surface area (Å²) in [5, 5.41) is 12.7. The number of hydrogen-bond donors (Lipinski definition) is 1. The normalized spacial score (nSPS) is 10.5. The smallest absolute Gasteiger partial charge is 0.335 e. The van der Waals surface area contributed by atoms with Gasteiger partial charge < -0.3 is 9.63 Å². The van der Waals surface area contributed by atoms with Gasteiger partial charge in [-0.1, -0.05) is 17.3 Å². The van der Waals surface area contributed by atoms with E-state index in [1.807, 2.05) is 6.07 Å². The molecule has 1 N–H and O–H groups in total. The summed E-state index contributed by atoms with van der Waals surface area (Å²) >= 11 is 3.30. The van der Waals surface area contributed by atoms with Crippen LogP contribution in [-0.2, 0) is 0 Å². The van der Waals surface area contributed by atoms with Gasteiger partial charge in [-0.25, -0.2) is 9.78 Å². The molecule has 0 amide bonds. The molecule has 1 aromatic carbocycles. The van der Waals surface area contributed by atoms with Crippen molar-refractivity contribution in [3.8, 4) is 23.0 Å². The minimum Gasteiger partial charge on any atom is -0.478 e. The summed E-state index contributed by atoms with van der Waals surface area (Å²) in [7, 11) is 0. The Morgan fingerprint density at radius 1 is 1.14 bits per heavy atom. The van der Waals surface area contributed by atoms with Crippen molar-refractivity contribution in [2.24, 2.45) is 0 Å². The van der Waals surface area contributed by atoms with Crippen LogP contribution in [0.2, 0.25) is 0 Å². The minimum atomic E-state index is -0.977. The van der Waals surface area contributed by atoms with Crippen LogP contribution in [0.15, 0.2) is 51.6 Å². The van der Waals surface area contributed by atoms with Crippen LogP contribution < -0.4 is 0 Å². The number of benzene rings is 1. The molecule has 6 nitrogen and oxygen atoms in total. The summed E-state index contributed by atoms with van der Waals surface area (Å²) in [6.07, 6.45) is 1.64. The van der Waals surface area contributed by atoms with E-state index in [1.165, 1.54) is 12.1 Å². The van der Waals surface area contributed by atoms with Gasteiger partial charge in [0.1, 0.15) is 5.69 Å². The second-order valence-corrected chi connectivity index (χ2v) is 5.08. The first-order chi connectivity index (χ1) is 10.1. The molecule has 3 aromatic rings. The molecular formula is C14H8BrN3O3. The molecule has 21 heavy (non-hydrogen) atoms. The molecule has 0 spiro atoms. The summed E-state index contributed by atoms with van der Waals surface area (Å²) in [4.78, 5) is 19.2. The van der Waals surface area contributed by atoms with Gasteiger partial charge in [0.2, 0.25) is 5.82 Å². The highest BCUT2D eigenvalue weighted by Gasteiger charge is 2.12. The molecule has 0 saturated heterocycles. The Morgan fingerprint density at radius 2 is 1.90 bits per heavy atom. The number of aromatic carboxylic acids is 1. The van der Waals surface area contributed by atoms with Crippen LogP contribution in [0.5, 0.6) is 0 Å². The molecule has 0 saturated carbocycles. The van der Waals surface area contributed by atoms with E-state index in [0.29, 0.717) is 23.0 Å². The average molecular weight is 346 g/mol. The van der Waals surface area contributed by atoms with E-state index in [-0.39, 0.29) is 5.56 Å². The van der Waals surface area contributed by atoms with Crippen LogP contribution in [-0.4, -0.2) is 26.2 Å². The van der Waals surface area contributed by atoms with E-state index in [0.717, 1.165) is 4.47 Å². The Balaban J connectivity index is 1.90. The second kappa shape index (κ2) is 5.45. The standard InChI is InChI=1S/C14H8BrN3O3/c15-10-5-6-11(16-7-10)13-17-12(18-21-13)8-1-3-9(4-2-8)14(19)20/h1-7H,(H,19,20). The molecular weight excluding hydrogens is 338 g/mol. The first kappa shape index (κ1) is 13.4. The first-order valence-corrected chi connectivity index (χ1v) is 6.72. The summed E-state index contributed by atoms with van der Waals surface area (Å²) in [6, 6.07) is 9.83. The molecule has 0 aliphatic rings. The number of hydrogen-bond acceptors (Lipinski definition) is 5. The van der Waals surface area contributed by atoms with Crippen LogP contribution in [0.1, 0.15) is 10.4 Å². The largest absolute Gasteiger partial charge is 0.478 e. The number of carbonyl (C=O) groups is 1. The monoisotopic (exact) mass is 345 g/mol. The van der Waals surface area contributed by atoms with Crippen molar-refractivity contribution in [1.29, 1.82) is 0 Å². The fourth-order valence-corrected chi connectivity index (χ4v) is 1.94. The van der Waals surface area contributed by atoms with E-state index < -0.39 is 5.97 Å². The van der Waals surface area contributed by atoms with E-state index in [1.54, 1.807) is 24.4 Å². The first-order valence-electron chi connectivity index (χ1n) is 5.93. The topological polar surface area (TPSA) is 89.1 Å². The highest BCUT2D eigenvalue weighted by atomic mass is 79.9. The predicted molar refractivity (Wildman–Crippen MR) is 77.6 cm³/mol. The van der Waals surface area contributed by atoms with Crippen molar-refractivity contribution in [2.75, 3.05) is 0 Å². The van der Waals surface area contributed by atoms with Gasteiger partial charge >= 0.3 is 5.97 Å². The van der Waals surface area contributed by atoms with Crippen molar-refractivity contribution in [3.63, 3.8) is 0 Å². The van der Waals surface area contributed by atoms with E-state index in [2.05, 4.69) is 31.1 Å². The Bertz CT molecular complexity index is 782. The molecule has 0 bridgehead atoms. The highest BCUT2D eigenvalue weighted by molar-refractivity contribution is 9.10. The number of carboxylic acid groups (broad SMARTS) is 1. The van der Waals surface area contributed by atoms with Crippen LogP contribution in [0.25, 0.3) is 23.0 Å². The quantitative estimate of drug-likeness (QED) is 0.783. The number of carboxylic acids is 1. The van der Waals surface area contributed by atoms with Gasteiger partial charge in [-0.2, -0.15) is 4.98 Å². The summed E-state index contributed by atoms with van der Waals surface area (Å²) in [6.45, 7) is 0. The Labute approximate surface area is 127 Å². The number of halogens is 1. The molecule has 2 aromatic heterocycles. The fraction of sp³-hybridized carbons (Fsp3) is 0. The van der Waals surface area contributed by atoms with Crippen molar-refractivity contribution in [2.45, 2.75) is 0 Å². The van der Waals surface area contributed by atoms with Crippen LogP contribution >= 0.6 is 15.9 Å². The maximum atomic E-state index is 10.8. The number of aromatic nitrogens is 3. The second-order valence-electron chi connectivity index (χ2n) is 4.17. The molecule has 0 radical (unpaired) electrons. The molecule has 0 fully saturated rings. The zero-order chi connectivity index (χ0) is 14.8. The third-order valence-electron chi connectivity index (χ3n) is 2.76. The third kappa shape index (κ3) is 2.82. The van der Waals surface area contributed by atoms with Crippen molar-refractivity contribution in [3.05, 3.63) is 52.6 Å². The van der Waals surface area contributed by atoms with E-state index in [4.69, 9.17) is 9.63 Å². The van der Waals surface area contributed by atoms with E-state index >= 15 is 0 Å². The Morgan fingerprint density at radius 3 is 2.52 bits per heavy atom. The van der Waals surface area contributed by atoms with Gasteiger partial charge in [0.15, 0.2) is 0 Å². The zero-order valence-corrected chi connectivity index (χ0v) is 12.1. The fourth-order valence-electron chi connectivity index (χ4n) is 1.71. The predicted octanol–water partition coefficient (Wildman–Crippen LogP) is 3.26. The van der Waals surface area contributed by atoms with Gasteiger partial charge in [0.25, 0.3) is 5.89 Å². The van der Waals surface area contributed by atoms with E-state index in [9.17, 15) is 4.79 Å². The average Bonchev–Trinajstić information content (AvgIpc) is 2.98. The lowest BCUT2D eigenvalue weighted by molar-refractivity contribution is 0.0697. The summed E-state index contributed by atoms with van der Waals surface area (Å²) in [5.74, 6) is -0.291. The molecule has 0 aliphatic heterocycles. The Hall–Kier alpha value is -2.54. The van der Waals surface area contributed by atoms with Gasteiger partial charge in [0, 0.05) is 16.2 Å². The van der Waals surface area contributed by atoms with Gasteiger partial charge in [0.05, 0.1) is 5.56 Å². The van der Waals surface area contributed by atoms with Crippen LogP contribution in [0.3, 0.4) is 0 Å². The Kier molecular flexibility index (Phi) is 3.49. The third-order valence-corrected chi connectivity index (χ3v) is 3.23. The summed E-state index contributed by atoms with van der Waals surface area (Å²) in [5.41, 5.74) is 1.45. The van der Waals surface area contributed by atoms with Crippen LogP contribution in [0.4, 0.5) is 0 Å². The number of pyridine rings is 1. The van der Waals surface area contributed by atoms with Gasteiger partial charge in [-0.15, -0.1) is 0 Å². The van der Waals surface area contributed by atoms with Crippen molar-refractivity contribution < 1.29 is 14.4 Å². The van der Waals surface area contributed by atoms with Crippen LogP contribution in [0, 0.1) is 0 Å². The molecule has 3 rings (SSSR count). The number of rotatable bonds is 3. The zero-order valence-electron chi connectivity index (χ0n) is 10.5. The van der Waals surface area contributed by atoms with Gasteiger partial charge in [-0.3, -0.25) is 0 Å². The molecule has 0 unspecified atom stereocenters. The minimum absolute atomic E-state index is 0.206. The molecule has 7 heteroatoms.